The van der Waals surface area contributed by atoms with E-state index in [9.17, 15) is 5.11 Å². The van der Waals surface area contributed by atoms with Crippen LogP contribution >= 0.6 is 0 Å². The Morgan fingerprint density at radius 1 is 1.35 bits per heavy atom. The van der Waals surface area contributed by atoms with E-state index in [2.05, 4.69) is 25.1 Å². The second-order valence-electron chi connectivity index (χ2n) is 7.40. The SMILES string of the molecule is CC(C)CCCc1cc(O)c2c(c1)OCC1CCC(=NO)CC21. The summed E-state index contributed by atoms with van der Waals surface area (Å²) in [6, 6.07) is 3.99. The van der Waals surface area contributed by atoms with E-state index < -0.39 is 0 Å². The Morgan fingerprint density at radius 3 is 2.91 bits per heavy atom. The number of rotatable bonds is 4. The summed E-state index contributed by atoms with van der Waals surface area (Å²) in [6.45, 7) is 5.17. The molecule has 2 unspecified atom stereocenters. The predicted octanol–water partition coefficient (Wildman–Crippen LogP) is 4.48. The van der Waals surface area contributed by atoms with Gasteiger partial charge in [0.15, 0.2) is 0 Å². The lowest BCUT2D eigenvalue weighted by Crippen LogP contribution is -2.32. The molecule has 1 aliphatic carbocycles. The van der Waals surface area contributed by atoms with E-state index in [1.165, 1.54) is 6.42 Å². The van der Waals surface area contributed by atoms with Gasteiger partial charge >= 0.3 is 0 Å². The van der Waals surface area contributed by atoms with E-state index in [0.717, 1.165) is 54.7 Å². The molecule has 1 saturated carbocycles. The molecule has 1 aromatic carbocycles. The smallest absolute Gasteiger partial charge is 0.126 e. The van der Waals surface area contributed by atoms with Crippen molar-refractivity contribution >= 4 is 5.71 Å². The van der Waals surface area contributed by atoms with Gasteiger partial charge in [0.1, 0.15) is 11.5 Å². The number of fused-ring (bicyclic) bond motifs is 3. The number of hydrogen-bond donors (Lipinski definition) is 2. The monoisotopic (exact) mass is 317 g/mol. The molecule has 0 amide bonds. The van der Waals surface area contributed by atoms with E-state index in [1.54, 1.807) is 0 Å². The third-order valence-corrected chi connectivity index (χ3v) is 5.22. The molecule has 126 valence electrons. The van der Waals surface area contributed by atoms with Crippen LogP contribution in [-0.4, -0.2) is 22.6 Å². The molecule has 4 heteroatoms. The van der Waals surface area contributed by atoms with Crippen LogP contribution in [0.3, 0.4) is 0 Å². The highest BCUT2D eigenvalue weighted by Gasteiger charge is 2.37. The van der Waals surface area contributed by atoms with Gasteiger partial charge in [-0.25, -0.2) is 0 Å². The molecule has 1 aliphatic heterocycles. The van der Waals surface area contributed by atoms with Crippen molar-refractivity contribution in [3.05, 3.63) is 23.3 Å². The van der Waals surface area contributed by atoms with Crippen LogP contribution in [0.4, 0.5) is 0 Å². The van der Waals surface area contributed by atoms with Crippen LogP contribution < -0.4 is 4.74 Å². The minimum absolute atomic E-state index is 0.211. The summed E-state index contributed by atoms with van der Waals surface area (Å²) < 4.78 is 5.95. The van der Waals surface area contributed by atoms with Crippen molar-refractivity contribution in [2.45, 2.75) is 58.3 Å². The van der Waals surface area contributed by atoms with Gasteiger partial charge in [0, 0.05) is 17.4 Å². The van der Waals surface area contributed by atoms with Gasteiger partial charge in [0.05, 0.1) is 12.3 Å². The Hall–Kier alpha value is -1.71. The molecule has 1 fully saturated rings. The van der Waals surface area contributed by atoms with E-state index in [0.29, 0.717) is 24.2 Å². The molecule has 0 bridgehead atoms. The van der Waals surface area contributed by atoms with Gasteiger partial charge in [-0.3, -0.25) is 0 Å². The van der Waals surface area contributed by atoms with Gasteiger partial charge in [-0.2, -0.15) is 0 Å². The first-order valence-corrected chi connectivity index (χ1v) is 8.77. The fraction of sp³-hybridized carbons (Fsp3) is 0.632. The zero-order chi connectivity index (χ0) is 16.4. The molecule has 0 aromatic heterocycles. The lowest BCUT2D eigenvalue weighted by atomic mass is 9.73. The normalized spacial score (nSPS) is 25.1. The second kappa shape index (κ2) is 6.81. The molecule has 0 radical (unpaired) electrons. The van der Waals surface area contributed by atoms with E-state index in [1.807, 2.05) is 6.07 Å². The fourth-order valence-electron chi connectivity index (χ4n) is 3.92. The summed E-state index contributed by atoms with van der Waals surface area (Å²) in [4.78, 5) is 0. The maximum atomic E-state index is 10.6. The molecule has 4 nitrogen and oxygen atoms in total. The zero-order valence-electron chi connectivity index (χ0n) is 14.1. The Morgan fingerprint density at radius 2 is 2.17 bits per heavy atom. The van der Waals surface area contributed by atoms with Gasteiger partial charge in [-0.15, -0.1) is 0 Å². The summed E-state index contributed by atoms with van der Waals surface area (Å²) >= 11 is 0. The van der Waals surface area contributed by atoms with E-state index in [4.69, 9.17) is 9.94 Å². The summed E-state index contributed by atoms with van der Waals surface area (Å²) in [5.41, 5.74) is 2.89. The summed E-state index contributed by atoms with van der Waals surface area (Å²) in [5, 5.41) is 23.0. The number of nitrogens with zero attached hydrogens (tertiary/aromatic N) is 1. The third kappa shape index (κ3) is 3.46. The minimum Gasteiger partial charge on any atom is -0.508 e. The molecule has 0 saturated heterocycles. The summed E-state index contributed by atoms with van der Waals surface area (Å²) in [6.07, 6.45) is 5.80. The van der Waals surface area contributed by atoms with Crippen LogP contribution in [0.1, 0.15) is 63.0 Å². The van der Waals surface area contributed by atoms with Crippen molar-refractivity contribution in [2.75, 3.05) is 6.61 Å². The molecule has 2 N–H and O–H groups in total. The number of benzene rings is 1. The second-order valence-corrected chi connectivity index (χ2v) is 7.40. The number of oxime groups is 1. The lowest BCUT2D eigenvalue weighted by Gasteiger charge is -2.37. The minimum atomic E-state index is 0.211. The van der Waals surface area contributed by atoms with Crippen LogP contribution in [0.25, 0.3) is 0 Å². The van der Waals surface area contributed by atoms with Gasteiger partial charge in [-0.05, 0) is 55.7 Å². The van der Waals surface area contributed by atoms with Crippen molar-refractivity contribution < 1.29 is 15.1 Å². The van der Waals surface area contributed by atoms with Gasteiger partial charge in [-0.1, -0.05) is 25.4 Å². The van der Waals surface area contributed by atoms with Crippen molar-refractivity contribution in [3.8, 4) is 11.5 Å². The first-order chi connectivity index (χ1) is 11.1. The van der Waals surface area contributed by atoms with E-state index >= 15 is 0 Å². The average Bonchev–Trinajstić information content (AvgIpc) is 2.53. The van der Waals surface area contributed by atoms with Crippen LogP contribution in [-0.2, 0) is 6.42 Å². The first-order valence-electron chi connectivity index (χ1n) is 8.77. The van der Waals surface area contributed by atoms with Crippen molar-refractivity contribution in [1.82, 2.24) is 0 Å². The molecular formula is C19H27NO3. The molecule has 2 atom stereocenters. The number of ether oxygens (including phenoxy) is 1. The van der Waals surface area contributed by atoms with Crippen molar-refractivity contribution in [2.24, 2.45) is 17.0 Å². The number of phenols is 1. The highest BCUT2D eigenvalue weighted by molar-refractivity contribution is 5.86. The van der Waals surface area contributed by atoms with Gasteiger partial charge in [0.2, 0.25) is 0 Å². The van der Waals surface area contributed by atoms with Crippen molar-refractivity contribution in [1.29, 1.82) is 0 Å². The topological polar surface area (TPSA) is 62.0 Å². The zero-order valence-corrected chi connectivity index (χ0v) is 14.1. The molecule has 0 spiro atoms. The van der Waals surface area contributed by atoms with E-state index in [-0.39, 0.29) is 5.92 Å². The van der Waals surface area contributed by atoms with Crippen molar-refractivity contribution in [3.63, 3.8) is 0 Å². The molecular weight excluding hydrogens is 290 g/mol. The molecule has 23 heavy (non-hydrogen) atoms. The third-order valence-electron chi connectivity index (χ3n) is 5.22. The number of phenolic OH excluding ortho intramolecular Hbond substituents is 1. The Labute approximate surface area is 138 Å². The first kappa shape index (κ1) is 16.2. The number of hydrogen-bond acceptors (Lipinski definition) is 4. The number of aromatic hydroxyl groups is 1. The fourth-order valence-corrected chi connectivity index (χ4v) is 3.92. The molecule has 1 aromatic rings. The number of aryl methyl sites for hydroxylation is 1. The average molecular weight is 317 g/mol. The predicted molar refractivity (Wildman–Crippen MR) is 90.7 cm³/mol. The molecule has 3 rings (SSSR count). The highest BCUT2D eigenvalue weighted by Crippen LogP contribution is 2.48. The standard InChI is InChI=1S/C19H27NO3/c1-12(2)4-3-5-13-8-17(21)19-16-10-15(20-22)7-6-14(16)11-23-18(19)9-13/h8-9,12,14,16,21-22H,3-7,10-11H2,1-2H3. The summed E-state index contributed by atoms with van der Waals surface area (Å²) in [7, 11) is 0. The highest BCUT2D eigenvalue weighted by atomic mass is 16.5. The molecule has 2 aliphatic rings. The van der Waals surface area contributed by atoms with Crippen LogP contribution in [0.2, 0.25) is 0 Å². The largest absolute Gasteiger partial charge is 0.508 e. The van der Waals surface area contributed by atoms with Gasteiger partial charge < -0.3 is 15.1 Å². The maximum absolute atomic E-state index is 10.6. The maximum Gasteiger partial charge on any atom is 0.126 e. The quantitative estimate of drug-likeness (QED) is 0.636. The van der Waals surface area contributed by atoms with Gasteiger partial charge in [0.25, 0.3) is 0 Å². The lowest BCUT2D eigenvalue weighted by molar-refractivity contribution is 0.175. The van der Waals surface area contributed by atoms with Crippen LogP contribution in [0.15, 0.2) is 17.3 Å². The Bertz CT molecular complexity index is 595. The molecule has 1 heterocycles. The van der Waals surface area contributed by atoms with Crippen LogP contribution in [0, 0.1) is 11.8 Å². The summed E-state index contributed by atoms with van der Waals surface area (Å²) in [5.74, 6) is 2.49. The van der Waals surface area contributed by atoms with Crippen LogP contribution in [0.5, 0.6) is 11.5 Å². The Balaban J connectivity index is 1.81. The Kier molecular flexibility index (Phi) is 4.79.